The fourth-order valence-corrected chi connectivity index (χ4v) is 5.12. The van der Waals surface area contributed by atoms with Crippen LogP contribution in [0, 0.1) is 17.0 Å². The van der Waals surface area contributed by atoms with Gasteiger partial charge in [-0.25, -0.2) is 17.6 Å². The van der Waals surface area contributed by atoms with Crippen LogP contribution in [-0.2, 0) is 24.6 Å². The zero-order valence-corrected chi connectivity index (χ0v) is 21.3. The first-order chi connectivity index (χ1) is 19.7. The van der Waals surface area contributed by atoms with Crippen LogP contribution in [0.5, 0.6) is 0 Å². The minimum Gasteiger partial charge on any atom is -0.322 e. The molecule has 3 amide bonds. The van der Waals surface area contributed by atoms with Crippen LogP contribution in [0.3, 0.4) is 0 Å². The lowest BCUT2D eigenvalue weighted by Gasteiger charge is -2.22. The number of carbonyl (C=O) groups is 3. The minimum atomic E-state index is -4.99. The van der Waals surface area contributed by atoms with Crippen LogP contribution >= 0.6 is 0 Å². The largest absolute Gasteiger partial charge is 0.416 e. The Balaban J connectivity index is 1.80. The molecule has 0 bridgehead atoms. The SMILES string of the molecule is Cn1c(=N)n(CC(F)F)c2cc(NC(=O)c3cc(F)cc(C(F)(F)F)c3)c3c(c21)C(=O)N(C=O)C3c1cccc(F)c1. The van der Waals surface area contributed by atoms with Crippen LogP contribution in [0.4, 0.5) is 36.4 Å². The van der Waals surface area contributed by atoms with E-state index in [4.69, 9.17) is 5.41 Å². The number of benzene rings is 3. The van der Waals surface area contributed by atoms with Crippen LogP contribution < -0.4 is 10.9 Å². The zero-order valence-electron chi connectivity index (χ0n) is 21.3. The molecule has 5 rings (SSSR count). The quantitative estimate of drug-likeness (QED) is 0.244. The summed E-state index contributed by atoms with van der Waals surface area (Å²) in [5.41, 5.74) is -3.55. The number of amides is 3. The van der Waals surface area contributed by atoms with Crippen molar-refractivity contribution in [3.05, 3.63) is 93.6 Å². The maximum Gasteiger partial charge on any atom is 0.416 e. The summed E-state index contributed by atoms with van der Waals surface area (Å²) in [5.74, 6) is -4.34. The summed E-state index contributed by atoms with van der Waals surface area (Å²) in [7, 11) is 1.31. The van der Waals surface area contributed by atoms with Crippen LogP contribution in [0.15, 0.2) is 48.5 Å². The molecule has 3 aromatic carbocycles. The van der Waals surface area contributed by atoms with Crippen LogP contribution in [0.2, 0.25) is 0 Å². The maximum absolute atomic E-state index is 14.2. The fourth-order valence-electron chi connectivity index (χ4n) is 5.12. The molecule has 0 radical (unpaired) electrons. The maximum atomic E-state index is 14.2. The number of carbonyl (C=O) groups excluding carboxylic acids is 3. The molecule has 42 heavy (non-hydrogen) atoms. The molecule has 0 saturated carbocycles. The van der Waals surface area contributed by atoms with Gasteiger partial charge in [-0.15, -0.1) is 0 Å². The highest BCUT2D eigenvalue weighted by atomic mass is 19.4. The second-order valence-corrected chi connectivity index (χ2v) is 9.42. The molecule has 0 fully saturated rings. The lowest BCUT2D eigenvalue weighted by molar-refractivity contribution is -0.137. The van der Waals surface area contributed by atoms with Gasteiger partial charge in [0.05, 0.1) is 34.7 Å². The predicted molar refractivity (Wildman–Crippen MR) is 133 cm³/mol. The molecular formula is C27H18F7N5O3. The van der Waals surface area contributed by atoms with Crippen molar-refractivity contribution in [1.29, 1.82) is 5.41 Å². The second kappa shape index (κ2) is 10.2. The highest BCUT2D eigenvalue weighted by Gasteiger charge is 2.43. The fraction of sp³-hybridized carbons (Fsp3) is 0.185. The number of alkyl halides is 5. The number of fused-ring (bicyclic) bond motifs is 3. The number of rotatable bonds is 6. The van der Waals surface area contributed by atoms with E-state index in [1.54, 1.807) is 0 Å². The normalized spacial score (nSPS) is 15.0. The first-order valence-corrected chi connectivity index (χ1v) is 12.0. The van der Waals surface area contributed by atoms with Gasteiger partial charge in [0.2, 0.25) is 12.0 Å². The number of imide groups is 1. The van der Waals surface area contributed by atoms with Crippen molar-refractivity contribution < 1.29 is 45.1 Å². The monoisotopic (exact) mass is 593 g/mol. The van der Waals surface area contributed by atoms with E-state index in [0.717, 1.165) is 27.3 Å². The van der Waals surface area contributed by atoms with E-state index in [-0.39, 0.29) is 45.9 Å². The van der Waals surface area contributed by atoms with Crippen molar-refractivity contribution in [1.82, 2.24) is 14.0 Å². The lowest BCUT2D eigenvalue weighted by Crippen LogP contribution is -2.28. The Morgan fingerprint density at radius 1 is 1.10 bits per heavy atom. The Hall–Kier alpha value is -4.95. The molecule has 8 nitrogen and oxygen atoms in total. The van der Waals surface area contributed by atoms with Gasteiger partial charge in [-0.05, 0) is 42.0 Å². The Bertz CT molecular complexity index is 1840. The van der Waals surface area contributed by atoms with Gasteiger partial charge in [-0.2, -0.15) is 13.2 Å². The second-order valence-electron chi connectivity index (χ2n) is 9.42. The number of halogens is 7. The minimum absolute atomic E-state index is 0.0606. The van der Waals surface area contributed by atoms with Gasteiger partial charge >= 0.3 is 6.18 Å². The first-order valence-electron chi connectivity index (χ1n) is 12.0. The molecule has 0 aliphatic carbocycles. The van der Waals surface area contributed by atoms with Crippen molar-refractivity contribution >= 4 is 34.9 Å². The van der Waals surface area contributed by atoms with Gasteiger partial charge in [-0.3, -0.25) is 24.7 Å². The summed E-state index contributed by atoms with van der Waals surface area (Å²) < 4.78 is 97.0. The standard InChI is InChI=1S/C27H18F7N5O3/c1-37-23-18(38(26(37)35)10-19(30)31)9-17(36-24(41)13-5-14(27(32,33)34)8-16(29)7-13)20-21(23)25(42)39(11-40)22(20)12-3-2-4-15(28)6-12/h2-9,11,19,22,35H,10H2,1H3,(H,36,41). The van der Waals surface area contributed by atoms with Crippen LogP contribution in [0.25, 0.3) is 11.0 Å². The molecule has 0 saturated heterocycles. The average Bonchev–Trinajstić information content (AvgIpc) is 3.33. The predicted octanol–water partition coefficient (Wildman–Crippen LogP) is 4.98. The van der Waals surface area contributed by atoms with Gasteiger partial charge in [0.25, 0.3) is 18.2 Å². The van der Waals surface area contributed by atoms with Crippen LogP contribution in [-0.4, -0.2) is 38.7 Å². The van der Waals surface area contributed by atoms with E-state index in [2.05, 4.69) is 5.32 Å². The van der Waals surface area contributed by atoms with E-state index in [1.165, 1.54) is 19.2 Å². The molecule has 1 atom stereocenters. The number of anilines is 1. The zero-order chi connectivity index (χ0) is 30.7. The Morgan fingerprint density at radius 3 is 2.43 bits per heavy atom. The molecule has 2 N–H and O–H groups in total. The van der Waals surface area contributed by atoms with Gasteiger partial charge < -0.3 is 14.5 Å². The van der Waals surface area contributed by atoms with Crippen molar-refractivity contribution in [2.24, 2.45) is 7.05 Å². The summed E-state index contributed by atoms with van der Waals surface area (Å²) in [6.45, 7) is -1.000. The number of hydrogen-bond acceptors (Lipinski definition) is 4. The first kappa shape index (κ1) is 28.6. The molecule has 2 heterocycles. The molecule has 1 unspecified atom stereocenters. The van der Waals surface area contributed by atoms with E-state index < -0.39 is 65.4 Å². The van der Waals surface area contributed by atoms with Crippen molar-refractivity contribution in [3.63, 3.8) is 0 Å². The topological polar surface area (TPSA) is 100 Å². The molecular weight excluding hydrogens is 575 g/mol. The third-order valence-electron chi connectivity index (χ3n) is 6.85. The number of nitrogens with zero attached hydrogens (tertiary/aromatic N) is 3. The summed E-state index contributed by atoms with van der Waals surface area (Å²) in [5, 5.41) is 10.7. The van der Waals surface area contributed by atoms with E-state index in [9.17, 15) is 45.1 Å². The molecule has 1 aliphatic rings. The number of aromatic nitrogens is 2. The number of imidazole rings is 1. The Morgan fingerprint density at radius 2 is 1.81 bits per heavy atom. The highest BCUT2D eigenvalue weighted by Crippen LogP contribution is 2.45. The lowest BCUT2D eigenvalue weighted by atomic mass is 9.94. The van der Waals surface area contributed by atoms with Crippen molar-refractivity contribution in [2.75, 3.05) is 5.32 Å². The van der Waals surface area contributed by atoms with Gasteiger partial charge in [-0.1, -0.05) is 12.1 Å². The summed E-state index contributed by atoms with van der Waals surface area (Å²) in [4.78, 5) is 39.6. The third kappa shape index (κ3) is 4.69. The van der Waals surface area contributed by atoms with Crippen LogP contribution in [0.1, 0.15) is 43.4 Å². The number of nitrogens with one attached hydrogen (secondary N) is 2. The molecule has 218 valence electrons. The smallest absolute Gasteiger partial charge is 0.322 e. The molecule has 15 heteroatoms. The number of aryl methyl sites for hydroxylation is 1. The van der Waals surface area contributed by atoms with Gasteiger partial charge in [0.15, 0.2) is 0 Å². The van der Waals surface area contributed by atoms with Gasteiger partial charge in [0, 0.05) is 23.9 Å². The molecule has 1 aromatic heterocycles. The Labute approximate surface area is 231 Å². The van der Waals surface area contributed by atoms with E-state index >= 15 is 0 Å². The average molecular weight is 593 g/mol. The third-order valence-corrected chi connectivity index (χ3v) is 6.85. The summed E-state index contributed by atoms with van der Waals surface area (Å²) >= 11 is 0. The van der Waals surface area contributed by atoms with E-state index in [0.29, 0.717) is 17.0 Å². The molecule has 1 aliphatic heterocycles. The Kier molecular flexibility index (Phi) is 6.91. The molecule has 0 spiro atoms. The van der Waals surface area contributed by atoms with E-state index in [1.807, 2.05) is 0 Å². The molecule has 4 aromatic rings. The van der Waals surface area contributed by atoms with Gasteiger partial charge in [0.1, 0.15) is 11.6 Å². The van der Waals surface area contributed by atoms with Crippen molar-refractivity contribution in [2.45, 2.75) is 25.2 Å². The highest BCUT2D eigenvalue weighted by molar-refractivity contribution is 6.16. The summed E-state index contributed by atoms with van der Waals surface area (Å²) in [6.07, 6.45) is -7.80. The summed E-state index contributed by atoms with van der Waals surface area (Å²) in [6, 6.07) is 5.64. The number of hydrogen-bond donors (Lipinski definition) is 2. The van der Waals surface area contributed by atoms with Crippen molar-refractivity contribution in [3.8, 4) is 0 Å².